The predicted molar refractivity (Wildman–Crippen MR) is 85.4 cm³/mol. The maximum absolute atomic E-state index is 6.06. The minimum absolute atomic E-state index is 0.709. The maximum atomic E-state index is 6.06. The zero-order valence-electron chi connectivity index (χ0n) is 12.3. The van der Waals surface area contributed by atoms with E-state index in [1.165, 1.54) is 50.9 Å². The molecule has 1 aromatic carbocycles. The zero-order chi connectivity index (χ0) is 13.9. The number of likely N-dealkylation sites (tertiary alicyclic amines) is 1. The Morgan fingerprint density at radius 3 is 2.95 bits per heavy atom. The molecule has 1 aliphatic heterocycles. The quantitative estimate of drug-likeness (QED) is 0.913. The van der Waals surface area contributed by atoms with Gasteiger partial charge in [0.1, 0.15) is 0 Å². The number of hydrogen-bond acceptors (Lipinski definition) is 2. The summed E-state index contributed by atoms with van der Waals surface area (Å²) in [4.78, 5) is 2.46. The summed E-state index contributed by atoms with van der Waals surface area (Å²) in [6, 6.07) is 9.07. The molecule has 3 rings (SSSR count). The molecular formula is C17H25ClN2. The molecule has 20 heavy (non-hydrogen) atoms. The fourth-order valence-corrected chi connectivity index (χ4v) is 3.79. The van der Waals surface area contributed by atoms with Gasteiger partial charge in [0, 0.05) is 17.6 Å². The van der Waals surface area contributed by atoms with E-state index in [0.29, 0.717) is 12.0 Å². The van der Waals surface area contributed by atoms with Crippen LogP contribution in [0.1, 0.15) is 37.2 Å². The molecule has 2 aliphatic rings. The summed E-state index contributed by atoms with van der Waals surface area (Å²) in [6.07, 6.45) is 5.28. The Kier molecular flexibility index (Phi) is 4.65. The third-order valence-corrected chi connectivity index (χ3v) is 5.11. The molecule has 1 atom stereocenters. The molecule has 0 aromatic heterocycles. The van der Waals surface area contributed by atoms with Gasteiger partial charge >= 0.3 is 0 Å². The molecule has 0 amide bonds. The topological polar surface area (TPSA) is 15.3 Å². The van der Waals surface area contributed by atoms with Gasteiger partial charge in [-0.15, -0.1) is 0 Å². The van der Waals surface area contributed by atoms with E-state index in [0.717, 1.165) is 10.9 Å². The monoisotopic (exact) mass is 292 g/mol. The van der Waals surface area contributed by atoms with Crippen molar-refractivity contribution < 1.29 is 0 Å². The van der Waals surface area contributed by atoms with Crippen LogP contribution in [0.15, 0.2) is 24.3 Å². The van der Waals surface area contributed by atoms with Gasteiger partial charge in [-0.2, -0.15) is 0 Å². The summed E-state index contributed by atoms with van der Waals surface area (Å²) in [7, 11) is 2.24. The molecule has 1 N–H and O–H groups in total. The van der Waals surface area contributed by atoms with Crippen LogP contribution in [-0.4, -0.2) is 37.6 Å². The van der Waals surface area contributed by atoms with Crippen LogP contribution < -0.4 is 5.32 Å². The summed E-state index contributed by atoms with van der Waals surface area (Å²) in [6.45, 7) is 3.73. The van der Waals surface area contributed by atoms with Gasteiger partial charge in [-0.25, -0.2) is 0 Å². The van der Waals surface area contributed by atoms with Crippen molar-refractivity contribution in [2.45, 2.75) is 37.6 Å². The third-order valence-electron chi connectivity index (χ3n) is 4.88. The molecule has 0 radical (unpaired) electrons. The minimum Gasteiger partial charge on any atom is -0.314 e. The highest BCUT2D eigenvalue weighted by molar-refractivity contribution is 6.30. The number of nitrogens with zero attached hydrogens (tertiary/aromatic N) is 1. The Bertz CT molecular complexity index is 442. The Morgan fingerprint density at radius 2 is 2.20 bits per heavy atom. The van der Waals surface area contributed by atoms with Crippen molar-refractivity contribution in [2.75, 3.05) is 26.7 Å². The summed E-state index contributed by atoms with van der Waals surface area (Å²) < 4.78 is 0. The van der Waals surface area contributed by atoms with Crippen LogP contribution in [0.3, 0.4) is 0 Å². The number of halogens is 1. The molecule has 3 heteroatoms. The molecule has 0 spiro atoms. The van der Waals surface area contributed by atoms with Gasteiger partial charge in [0.05, 0.1) is 0 Å². The van der Waals surface area contributed by atoms with Crippen LogP contribution in [-0.2, 0) is 0 Å². The second kappa shape index (κ2) is 6.46. The van der Waals surface area contributed by atoms with Crippen LogP contribution in [0.5, 0.6) is 0 Å². The third kappa shape index (κ3) is 3.55. The van der Waals surface area contributed by atoms with E-state index < -0.39 is 0 Å². The average Bonchev–Trinajstić information content (AvgIpc) is 2.37. The number of hydrogen-bond donors (Lipinski definition) is 1. The van der Waals surface area contributed by atoms with Gasteiger partial charge in [0.15, 0.2) is 0 Å². The highest BCUT2D eigenvalue weighted by Crippen LogP contribution is 2.37. The van der Waals surface area contributed by atoms with Crippen molar-refractivity contribution in [3.05, 3.63) is 34.9 Å². The van der Waals surface area contributed by atoms with E-state index in [2.05, 4.69) is 35.5 Å². The molecule has 1 aliphatic carbocycles. The Morgan fingerprint density at radius 1 is 1.35 bits per heavy atom. The number of benzene rings is 1. The van der Waals surface area contributed by atoms with E-state index in [1.54, 1.807) is 0 Å². The van der Waals surface area contributed by atoms with Crippen LogP contribution >= 0.6 is 11.6 Å². The number of nitrogens with one attached hydrogen (secondary N) is 1. The van der Waals surface area contributed by atoms with Crippen molar-refractivity contribution in [1.82, 2.24) is 10.2 Å². The number of piperidine rings is 1. The smallest absolute Gasteiger partial charge is 0.0408 e. The normalized spacial score (nSPS) is 31.0. The lowest BCUT2D eigenvalue weighted by Gasteiger charge is -2.38. The van der Waals surface area contributed by atoms with Gasteiger partial charge in [-0.3, -0.25) is 0 Å². The molecule has 2 fully saturated rings. The number of rotatable bonds is 4. The van der Waals surface area contributed by atoms with Gasteiger partial charge in [0.25, 0.3) is 0 Å². The van der Waals surface area contributed by atoms with Gasteiger partial charge < -0.3 is 10.2 Å². The summed E-state index contributed by atoms with van der Waals surface area (Å²) in [5.41, 5.74) is 1.41. The van der Waals surface area contributed by atoms with E-state index in [1.807, 2.05) is 6.07 Å². The SMILES string of the molecule is CN1CCCC(CNC2CC(c3cccc(Cl)c3)C2)C1. The van der Waals surface area contributed by atoms with Crippen LogP contribution in [0, 0.1) is 5.92 Å². The van der Waals surface area contributed by atoms with Crippen LogP contribution in [0.4, 0.5) is 0 Å². The Balaban J connectivity index is 1.40. The summed E-state index contributed by atoms with van der Waals surface area (Å²) in [5.74, 6) is 1.55. The van der Waals surface area contributed by atoms with Crippen molar-refractivity contribution in [3.8, 4) is 0 Å². The first kappa shape index (κ1) is 14.4. The van der Waals surface area contributed by atoms with Crippen molar-refractivity contribution in [3.63, 3.8) is 0 Å². The molecule has 110 valence electrons. The molecule has 0 bridgehead atoms. The minimum atomic E-state index is 0.709. The zero-order valence-corrected chi connectivity index (χ0v) is 13.1. The van der Waals surface area contributed by atoms with Crippen molar-refractivity contribution in [1.29, 1.82) is 0 Å². The summed E-state index contributed by atoms with van der Waals surface area (Å²) >= 11 is 6.06. The lowest BCUT2D eigenvalue weighted by Crippen LogP contribution is -2.45. The van der Waals surface area contributed by atoms with Gasteiger partial charge in [-0.1, -0.05) is 23.7 Å². The lowest BCUT2D eigenvalue weighted by atomic mass is 9.75. The average molecular weight is 293 g/mol. The second-order valence-corrected chi connectivity index (χ2v) is 7.04. The fraction of sp³-hybridized carbons (Fsp3) is 0.647. The lowest BCUT2D eigenvalue weighted by molar-refractivity contribution is 0.190. The largest absolute Gasteiger partial charge is 0.314 e. The van der Waals surface area contributed by atoms with Gasteiger partial charge in [0.2, 0.25) is 0 Å². The first-order chi connectivity index (χ1) is 9.70. The molecule has 1 saturated carbocycles. The van der Waals surface area contributed by atoms with Crippen LogP contribution in [0.2, 0.25) is 5.02 Å². The second-order valence-electron chi connectivity index (χ2n) is 6.60. The van der Waals surface area contributed by atoms with Crippen LogP contribution in [0.25, 0.3) is 0 Å². The van der Waals surface area contributed by atoms with E-state index in [9.17, 15) is 0 Å². The molecule has 1 saturated heterocycles. The van der Waals surface area contributed by atoms with E-state index in [4.69, 9.17) is 11.6 Å². The van der Waals surface area contributed by atoms with Crippen molar-refractivity contribution in [2.24, 2.45) is 5.92 Å². The standard InChI is InChI=1S/C17H25ClN2/c1-20-7-3-4-13(12-20)11-19-17-9-15(10-17)14-5-2-6-16(18)8-14/h2,5-6,8,13,15,17,19H,3-4,7,9-12H2,1H3. The fourth-order valence-electron chi connectivity index (χ4n) is 3.59. The van der Waals surface area contributed by atoms with Gasteiger partial charge in [-0.05, 0) is 75.4 Å². The predicted octanol–water partition coefficient (Wildman–Crippen LogP) is 3.52. The van der Waals surface area contributed by atoms with E-state index in [-0.39, 0.29) is 0 Å². The Hall–Kier alpha value is -0.570. The van der Waals surface area contributed by atoms with E-state index >= 15 is 0 Å². The Labute approximate surface area is 127 Å². The summed E-state index contributed by atoms with van der Waals surface area (Å²) in [5, 5.41) is 4.63. The maximum Gasteiger partial charge on any atom is 0.0408 e. The molecule has 1 heterocycles. The first-order valence-corrected chi connectivity index (χ1v) is 8.26. The first-order valence-electron chi connectivity index (χ1n) is 7.88. The molecule has 2 nitrogen and oxygen atoms in total. The molecule has 1 aromatic rings. The highest BCUT2D eigenvalue weighted by Gasteiger charge is 2.30. The molecule has 1 unspecified atom stereocenters. The highest BCUT2D eigenvalue weighted by atomic mass is 35.5. The molecular weight excluding hydrogens is 268 g/mol. The van der Waals surface area contributed by atoms with Crippen molar-refractivity contribution >= 4 is 11.6 Å².